The summed E-state index contributed by atoms with van der Waals surface area (Å²) in [4.78, 5) is 34.7. The van der Waals surface area contributed by atoms with E-state index in [-0.39, 0.29) is 11.8 Å². The minimum Gasteiger partial charge on any atom is -0.313 e. The van der Waals surface area contributed by atoms with Crippen LogP contribution in [0, 0.1) is 5.92 Å². The molecule has 3 heterocycles. The number of carbonyl (C=O) groups excluding carboxylic acids is 2. The van der Waals surface area contributed by atoms with Crippen LogP contribution >= 0.6 is 0 Å². The highest BCUT2D eigenvalue weighted by atomic mass is 16.2. The molecule has 1 saturated carbocycles. The maximum atomic E-state index is 13.2. The number of amides is 2. The number of benzene rings is 1. The lowest BCUT2D eigenvalue weighted by molar-refractivity contribution is -0.00216. The summed E-state index contributed by atoms with van der Waals surface area (Å²) in [6.45, 7) is 1.19. The molecule has 0 N–H and O–H groups in total. The molecule has 0 bridgehead atoms. The molecule has 3 aliphatic rings. The molecule has 5 nitrogen and oxygen atoms in total. The second-order valence-electron chi connectivity index (χ2n) is 7.11. The highest BCUT2D eigenvalue weighted by Crippen LogP contribution is 2.51. The van der Waals surface area contributed by atoms with Crippen molar-refractivity contribution < 1.29 is 9.59 Å². The molecule has 126 valence electrons. The van der Waals surface area contributed by atoms with Crippen molar-refractivity contribution in [3.63, 3.8) is 0 Å². The first kappa shape index (κ1) is 14.6. The summed E-state index contributed by atoms with van der Waals surface area (Å²) in [5.74, 6) is 0.383. The average molecular weight is 333 g/mol. The van der Waals surface area contributed by atoms with E-state index in [1.54, 1.807) is 6.20 Å². The van der Waals surface area contributed by atoms with Crippen LogP contribution in [0.5, 0.6) is 0 Å². The third kappa shape index (κ3) is 1.98. The Bertz CT molecular complexity index is 862. The van der Waals surface area contributed by atoms with Crippen LogP contribution in [0.3, 0.4) is 0 Å². The number of carbonyl (C=O) groups is 2. The Morgan fingerprint density at radius 1 is 1.08 bits per heavy atom. The first-order valence-electron chi connectivity index (χ1n) is 8.85. The fourth-order valence-electron chi connectivity index (χ4n) is 4.51. The molecule has 25 heavy (non-hydrogen) atoms. The lowest BCUT2D eigenvalue weighted by atomic mass is 9.88. The zero-order valence-electron chi connectivity index (χ0n) is 13.9. The molecule has 2 aliphatic heterocycles. The fraction of sp³-hybridized carbons (Fsp3) is 0.350. The average Bonchev–Trinajstić information content (AvgIpc) is 3.44. The first-order chi connectivity index (χ1) is 12.2. The van der Waals surface area contributed by atoms with Crippen LogP contribution in [0.1, 0.15) is 39.3 Å². The third-order valence-electron chi connectivity index (χ3n) is 5.77. The van der Waals surface area contributed by atoms with E-state index in [1.165, 1.54) is 0 Å². The van der Waals surface area contributed by atoms with Gasteiger partial charge in [0, 0.05) is 37.2 Å². The van der Waals surface area contributed by atoms with Crippen LogP contribution in [0.2, 0.25) is 0 Å². The zero-order chi connectivity index (χ0) is 17.0. The standard InChI is InChI=1S/C20H19N3O2/c24-18(14-5-2-1-3-6-14)22-11-12-23-19(25)16-7-4-10-21-17(16)13-20(22,23)15-8-9-15/h1-7,10,15H,8-9,11-13H2. The Morgan fingerprint density at radius 2 is 1.88 bits per heavy atom. The summed E-state index contributed by atoms with van der Waals surface area (Å²) < 4.78 is 0. The van der Waals surface area contributed by atoms with Crippen LogP contribution in [0.15, 0.2) is 48.7 Å². The Kier molecular flexibility index (Phi) is 3.02. The molecule has 0 radical (unpaired) electrons. The number of hydrogen-bond donors (Lipinski definition) is 0. The van der Waals surface area contributed by atoms with E-state index in [2.05, 4.69) is 4.98 Å². The number of aromatic nitrogens is 1. The van der Waals surface area contributed by atoms with E-state index in [1.807, 2.05) is 52.3 Å². The molecule has 2 amide bonds. The maximum Gasteiger partial charge on any atom is 0.257 e. The molecule has 1 atom stereocenters. The molecule has 5 rings (SSSR count). The van der Waals surface area contributed by atoms with E-state index in [4.69, 9.17) is 0 Å². The molecular formula is C20H19N3O2. The number of fused-ring (bicyclic) bond motifs is 2. The molecule has 2 fully saturated rings. The highest BCUT2D eigenvalue weighted by Gasteiger charge is 2.61. The van der Waals surface area contributed by atoms with Crippen LogP contribution in [-0.4, -0.2) is 45.4 Å². The molecule has 1 saturated heterocycles. The van der Waals surface area contributed by atoms with Gasteiger partial charge in [0.15, 0.2) is 0 Å². The number of nitrogens with zero attached hydrogens (tertiary/aromatic N) is 3. The largest absolute Gasteiger partial charge is 0.313 e. The van der Waals surface area contributed by atoms with Crippen molar-refractivity contribution in [2.75, 3.05) is 13.1 Å². The van der Waals surface area contributed by atoms with Gasteiger partial charge in [0.1, 0.15) is 5.66 Å². The molecule has 1 unspecified atom stereocenters. The highest BCUT2D eigenvalue weighted by molar-refractivity contribution is 6.00. The minimum absolute atomic E-state index is 0.0159. The van der Waals surface area contributed by atoms with Crippen molar-refractivity contribution in [1.82, 2.24) is 14.8 Å². The van der Waals surface area contributed by atoms with E-state index >= 15 is 0 Å². The fourth-order valence-corrected chi connectivity index (χ4v) is 4.51. The maximum absolute atomic E-state index is 13.2. The number of rotatable bonds is 2. The predicted molar refractivity (Wildman–Crippen MR) is 91.9 cm³/mol. The SMILES string of the molecule is O=C(c1ccccc1)N1CCN2C(=O)c3cccnc3CC12C1CC1. The van der Waals surface area contributed by atoms with Gasteiger partial charge in [-0.2, -0.15) is 0 Å². The van der Waals surface area contributed by atoms with Gasteiger partial charge >= 0.3 is 0 Å². The van der Waals surface area contributed by atoms with Gasteiger partial charge in [-0.25, -0.2) is 0 Å². The minimum atomic E-state index is -0.536. The third-order valence-corrected chi connectivity index (χ3v) is 5.77. The van der Waals surface area contributed by atoms with Gasteiger partial charge < -0.3 is 9.80 Å². The van der Waals surface area contributed by atoms with Gasteiger partial charge in [-0.15, -0.1) is 0 Å². The molecule has 5 heteroatoms. The van der Waals surface area contributed by atoms with Crippen LogP contribution in [0.4, 0.5) is 0 Å². The van der Waals surface area contributed by atoms with E-state index < -0.39 is 5.66 Å². The second kappa shape index (κ2) is 5.15. The Hall–Kier alpha value is -2.69. The monoisotopic (exact) mass is 333 g/mol. The molecular weight excluding hydrogens is 314 g/mol. The van der Waals surface area contributed by atoms with Gasteiger partial charge in [0.05, 0.1) is 11.3 Å². The van der Waals surface area contributed by atoms with Crippen molar-refractivity contribution in [1.29, 1.82) is 0 Å². The smallest absolute Gasteiger partial charge is 0.257 e. The summed E-state index contributed by atoms with van der Waals surface area (Å²) >= 11 is 0. The quantitative estimate of drug-likeness (QED) is 0.848. The van der Waals surface area contributed by atoms with Crippen LogP contribution < -0.4 is 0 Å². The summed E-state index contributed by atoms with van der Waals surface area (Å²) in [5, 5.41) is 0. The summed E-state index contributed by atoms with van der Waals surface area (Å²) in [5.41, 5.74) is 1.66. The molecule has 0 spiro atoms. The van der Waals surface area contributed by atoms with E-state index in [0.29, 0.717) is 36.6 Å². The number of hydrogen-bond acceptors (Lipinski definition) is 3. The summed E-state index contributed by atoms with van der Waals surface area (Å²) in [6, 6.07) is 13.0. The topological polar surface area (TPSA) is 53.5 Å². The van der Waals surface area contributed by atoms with Gasteiger partial charge in [0.2, 0.25) is 0 Å². The van der Waals surface area contributed by atoms with Crippen molar-refractivity contribution in [3.8, 4) is 0 Å². The van der Waals surface area contributed by atoms with E-state index in [0.717, 1.165) is 18.5 Å². The van der Waals surface area contributed by atoms with E-state index in [9.17, 15) is 9.59 Å². The summed E-state index contributed by atoms with van der Waals surface area (Å²) in [6.07, 6.45) is 4.49. The summed E-state index contributed by atoms with van der Waals surface area (Å²) in [7, 11) is 0. The Labute approximate surface area is 146 Å². The van der Waals surface area contributed by atoms with Gasteiger partial charge in [-0.05, 0) is 37.1 Å². The van der Waals surface area contributed by atoms with Crippen molar-refractivity contribution in [3.05, 3.63) is 65.5 Å². The van der Waals surface area contributed by atoms with Crippen LogP contribution in [-0.2, 0) is 6.42 Å². The normalized spacial score (nSPS) is 24.9. The zero-order valence-corrected chi connectivity index (χ0v) is 13.9. The molecule has 1 aliphatic carbocycles. The predicted octanol–water partition coefficient (Wildman–Crippen LogP) is 2.34. The molecule has 2 aromatic rings. The van der Waals surface area contributed by atoms with Crippen molar-refractivity contribution in [2.24, 2.45) is 5.92 Å². The van der Waals surface area contributed by atoms with Crippen molar-refractivity contribution in [2.45, 2.75) is 24.9 Å². The van der Waals surface area contributed by atoms with Gasteiger partial charge in [-0.3, -0.25) is 14.6 Å². The molecule has 1 aromatic heterocycles. The lowest BCUT2D eigenvalue weighted by Gasteiger charge is -2.47. The lowest BCUT2D eigenvalue weighted by Crippen LogP contribution is -2.62. The van der Waals surface area contributed by atoms with Crippen molar-refractivity contribution >= 4 is 11.8 Å². The Balaban J connectivity index is 1.61. The first-order valence-corrected chi connectivity index (χ1v) is 8.85. The van der Waals surface area contributed by atoms with Gasteiger partial charge in [0.25, 0.3) is 11.8 Å². The molecule has 1 aromatic carbocycles. The Morgan fingerprint density at radius 3 is 2.64 bits per heavy atom. The number of pyridine rings is 1. The van der Waals surface area contributed by atoms with Gasteiger partial charge in [-0.1, -0.05) is 18.2 Å². The van der Waals surface area contributed by atoms with Crippen LogP contribution in [0.25, 0.3) is 0 Å². The second-order valence-corrected chi connectivity index (χ2v) is 7.11.